The van der Waals surface area contributed by atoms with Gasteiger partial charge in [-0.3, -0.25) is 4.79 Å². The highest BCUT2D eigenvalue weighted by Crippen LogP contribution is 2.48. The molecule has 0 spiro atoms. The molecule has 5 nitrogen and oxygen atoms in total. The lowest BCUT2D eigenvalue weighted by Gasteiger charge is -2.19. The van der Waals surface area contributed by atoms with Gasteiger partial charge >= 0.3 is 5.97 Å². The van der Waals surface area contributed by atoms with Crippen LogP contribution in [0.1, 0.15) is 25.3 Å². The number of hydrogen-bond donors (Lipinski definition) is 1. The Bertz CT molecular complexity index is 505. The third-order valence-electron chi connectivity index (χ3n) is 3.73. The smallest absolute Gasteiger partial charge is 0.328 e. The van der Waals surface area contributed by atoms with Crippen molar-refractivity contribution in [2.24, 2.45) is 0 Å². The van der Waals surface area contributed by atoms with E-state index in [-0.39, 0.29) is 5.91 Å². The topological polar surface area (TPSA) is 64.6 Å². The molecule has 1 aliphatic rings. The Morgan fingerprint density at radius 3 is 2.25 bits per heavy atom. The van der Waals surface area contributed by atoms with Gasteiger partial charge in [0.25, 0.3) is 0 Å². The van der Waals surface area contributed by atoms with Crippen LogP contribution in [0.25, 0.3) is 0 Å². The molecular weight excluding hydrogens is 258 g/mol. The van der Waals surface area contributed by atoms with E-state index in [2.05, 4.69) is 10.1 Å². The lowest BCUT2D eigenvalue weighted by molar-refractivity contribution is -0.144. The van der Waals surface area contributed by atoms with Gasteiger partial charge < -0.3 is 14.8 Å². The first-order valence-corrected chi connectivity index (χ1v) is 6.57. The van der Waals surface area contributed by atoms with E-state index in [1.807, 2.05) is 24.3 Å². The van der Waals surface area contributed by atoms with E-state index in [9.17, 15) is 9.59 Å². The standard InChI is InChI=1S/C15H19NO4/c1-10(13(17)20-3)16-14(18)15(8-9-15)11-4-6-12(19-2)7-5-11/h4-7,10H,8-9H2,1-3H3,(H,16,18). The number of carbonyl (C=O) groups is 2. The van der Waals surface area contributed by atoms with Crippen LogP contribution in [-0.2, 0) is 19.7 Å². The van der Waals surface area contributed by atoms with Gasteiger partial charge in [-0.15, -0.1) is 0 Å². The maximum absolute atomic E-state index is 12.4. The second-order valence-electron chi connectivity index (χ2n) is 5.03. The summed E-state index contributed by atoms with van der Waals surface area (Å²) in [5.41, 5.74) is 0.446. The highest BCUT2D eigenvalue weighted by molar-refractivity contribution is 5.94. The van der Waals surface area contributed by atoms with Crippen LogP contribution in [-0.4, -0.2) is 32.1 Å². The molecule has 1 saturated carbocycles. The van der Waals surface area contributed by atoms with Crippen LogP contribution in [0.5, 0.6) is 5.75 Å². The normalized spacial score (nSPS) is 16.9. The van der Waals surface area contributed by atoms with E-state index in [4.69, 9.17) is 4.74 Å². The summed E-state index contributed by atoms with van der Waals surface area (Å²) < 4.78 is 9.72. The number of benzene rings is 1. The highest BCUT2D eigenvalue weighted by Gasteiger charge is 2.51. The summed E-state index contributed by atoms with van der Waals surface area (Å²) in [6.07, 6.45) is 1.58. The van der Waals surface area contributed by atoms with Gasteiger partial charge in [-0.05, 0) is 37.5 Å². The summed E-state index contributed by atoms with van der Waals surface area (Å²) in [5.74, 6) is 0.192. The molecule has 1 aromatic carbocycles. The van der Waals surface area contributed by atoms with Gasteiger partial charge in [0.1, 0.15) is 11.8 Å². The molecule has 1 aliphatic carbocycles. The summed E-state index contributed by atoms with van der Waals surface area (Å²) in [6, 6.07) is 6.84. The molecule has 0 radical (unpaired) electrons. The predicted molar refractivity (Wildman–Crippen MR) is 73.5 cm³/mol. The van der Waals surface area contributed by atoms with E-state index in [1.54, 1.807) is 14.0 Å². The fraction of sp³-hybridized carbons (Fsp3) is 0.467. The fourth-order valence-electron chi connectivity index (χ4n) is 2.25. The van der Waals surface area contributed by atoms with Gasteiger partial charge in [-0.25, -0.2) is 4.79 Å². The SMILES string of the molecule is COC(=O)C(C)NC(=O)C1(c2ccc(OC)cc2)CC1. The number of amides is 1. The van der Waals surface area contributed by atoms with Gasteiger partial charge in [0.05, 0.1) is 19.6 Å². The van der Waals surface area contributed by atoms with Crippen molar-refractivity contribution in [2.75, 3.05) is 14.2 Å². The van der Waals surface area contributed by atoms with Crippen LogP contribution in [0.3, 0.4) is 0 Å². The summed E-state index contributed by atoms with van der Waals surface area (Å²) in [6.45, 7) is 1.62. The Balaban J connectivity index is 2.10. The van der Waals surface area contributed by atoms with Crippen LogP contribution in [0.2, 0.25) is 0 Å². The average molecular weight is 277 g/mol. The summed E-state index contributed by atoms with van der Waals surface area (Å²) in [5, 5.41) is 2.72. The zero-order chi connectivity index (χ0) is 14.8. The second-order valence-corrected chi connectivity index (χ2v) is 5.03. The Hall–Kier alpha value is -2.04. The van der Waals surface area contributed by atoms with Crippen LogP contribution in [0.15, 0.2) is 24.3 Å². The van der Waals surface area contributed by atoms with E-state index < -0.39 is 17.4 Å². The van der Waals surface area contributed by atoms with E-state index in [1.165, 1.54) is 7.11 Å². The van der Waals surface area contributed by atoms with E-state index in [0.717, 1.165) is 24.2 Å². The molecule has 20 heavy (non-hydrogen) atoms. The monoisotopic (exact) mass is 277 g/mol. The molecule has 0 heterocycles. The van der Waals surface area contributed by atoms with Crippen molar-refractivity contribution in [3.63, 3.8) is 0 Å². The maximum Gasteiger partial charge on any atom is 0.328 e. The minimum absolute atomic E-state index is 0.124. The summed E-state index contributed by atoms with van der Waals surface area (Å²) >= 11 is 0. The Morgan fingerprint density at radius 2 is 1.80 bits per heavy atom. The first-order chi connectivity index (χ1) is 9.53. The largest absolute Gasteiger partial charge is 0.497 e. The number of esters is 1. The molecule has 1 atom stereocenters. The molecule has 5 heteroatoms. The van der Waals surface area contributed by atoms with Crippen molar-refractivity contribution in [3.05, 3.63) is 29.8 Å². The minimum atomic E-state index is -0.636. The molecule has 2 rings (SSSR count). The number of carbonyl (C=O) groups excluding carboxylic acids is 2. The fourth-order valence-corrected chi connectivity index (χ4v) is 2.25. The number of rotatable bonds is 5. The van der Waals surface area contributed by atoms with E-state index >= 15 is 0 Å². The third-order valence-corrected chi connectivity index (χ3v) is 3.73. The third kappa shape index (κ3) is 2.61. The minimum Gasteiger partial charge on any atom is -0.497 e. The zero-order valence-corrected chi connectivity index (χ0v) is 11.9. The van der Waals surface area contributed by atoms with Crippen molar-refractivity contribution in [3.8, 4) is 5.75 Å². The van der Waals surface area contributed by atoms with Crippen LogP contribution >= 0.6 is 0 Å². The molecular formula is C15H19NO4. The summed E-state index contributed by atoms with van der Waals surface area (Å²) in [7, 11) is 2.91. The molecule has 0 bridgehead atoms. The Labute approximate surface area is 118 Å². The maximum atomic E-state index is 12.4. The molecule has 1 aromatic rings. The lowest BCUT2D eigenvalue weighted by Crippen LogP contribution is -2.44. The van der Waals surface area contributed by atoms with Gasteiger partial charge in [-0.1, -0.05) is 12.1 Å². The van der Waals surface area contributed by atoms with Crippen molar-refractivity contribution >= 4 is 11.9 Å². The van der Waals surface area contributed by atoms with Crippen LogP contribution in [0, 0.1) is 0 Å². The van der Waals surface area contributed by atoms with Gasteiger partial charge in [-0.2, -0.15) is 0 Å². The summed E-state index contributed by atoms with van der Waals surface area (Å²) in [4.78, 5) is 23.7. The quantitative estimate of drug-likeness (QED) is 0.826. The van der Waals surface area contributed by atoms with Crippen molar-refractivity contribution in [1.29, 1.82) is 0 Å². The Morgan fingerprint density at radius 1 is 1.20 bits per heavy atom. The number of hydrogen-bond acceptors (Lipinski definition) is 4. The Kier molecular flexibility index (Phi) is 3.97. The molecule has 1 N–H and O–H groups in total. The highest BCUT2D eigenvalue weighted by atomic mass is 16.5. The number of ether oxygens (including phenoxy) is 2. The van der Waals surface area contributed by atoms with Crippen molar-refractivity contribution < 1.29 is 19.1 Å². The van der Waals surface area contributed by atoms with Gasteiger partial charge in [0.15, 0.2) is 0 Å². The molecule has 1 unspecified atom stereocenters. The molecule has 0 saturated heterocycles. The first-order valence-electron chi connectivity index (χ1n) is 6.57. The zero-order valence-electron chi connectivity index (χ0n) is 11.9. The van der Waals surface area contributed by atoms with Crippen molar-refractivity contribution in [2.45, 2.75) is 31.2 Å². The number of nitrogens with one attached hydrogen (secondary N) is 1. The van der Waals surface area contributed by atoms with Crippen LogP contribution < -0.4 is 10.1 Å². The van der Waals surface area contributed by atoms with Gasteiger partial charge in [0.2, 0.25) is 5.91 Å². The number of methoxy groups -OCH3 is 2. The molecule has 0 aliphatic heterocycles. The second kappa shape index (κ2) is 5.53. The molecule has 1 fully saturated rings. The van der Waals surface area contributed by atoms with E-state index in [0.29, 0.717) is 0 Å². The molecule has 108 valence electrons. The first kappa shape index (κ1) is 14.4. The van der Waals surface area contributed by atoms with Crippen LogP contribution in [0.4, 0.5) is 0 Å². The molecule has 0 aromatic heterocycles. The predicted octanol–water partition coefficient (Wildman–Crippen LogP) is 1.40. The lowest BCUT2D eigenvalue weighted by atomic mass is 9.94. The van der Waals surface area contributed by atoms with Gasteiger partial charge in [0, 0.05) is 0 Å². The van der Waals surface area contributed by atoms with Crippen molar-refractivity contribution in [1.82, 2.24) is 5.32 Å². The molecule has 1 amide bonds. The average Bonchev–Trinajstić information content (AvgIpc) is 3.28.